The summed E-state index contributed by atoms with van der Waals surface area (Å²) in [5, 5.41) is 18.3. The van der Waals surface area contributed by atoms with Crippen molar-refractivity contribution in [3.05, 3.63) is 106 Å². The highest BCUT2D eigenvalue weighted by Gasteiger charge is 2.32. The first kappa shape index (κ1) is 35.6. The predicted molar refractivity (Wildman–Crippen MR) is 190 cm³/mol. The number of aromatic nitrogens is 2. The number of aliphatic hydroxyl groups excluding tert-OH is 1. The van der Waals surface area contributed by atoms with Gasteiger partial charge in [-0.2, -0.15) is 5.10 Å². The van der Waals surface area contributed by atoms with Crippen LogP contribution in [0.5, 0.6) is 5.75 Å². The van der Waals surface area contributed by atoms with Gasteiger partial charge in [-0.15, -0.1) is 0 Å². The molecule has 49 heavy (non-hydrogen) atoms. The summed E-state index contributed by atoms with van der Waals surface area (Å²) in [6.07, 6.45) is 4.25. The largest absolute Gasteiger partial charge is 0.482 e. The molecular weight excluding hydrogens is 642 g/mol. The minimum absolute atomic E-state index is 0.146. The van der Waals surface area contributed by atoms with E-state index in [2.05, 4.69) is 19.2 Å². The Hall–Kier alpha value is -4.67. The molecule has 3 amide bonds. The zero-order valence-corrected chi connectivity index (χ0v) is 29.1. The highest BCUT2D eigenvalue weighted by Crippen LogP contribution is 2.29. The lowest BCUT2D eigenvalue weighted by Crippen LogP contribution is -2.46. The summed E-state index contributed by atoms with van der Waals surface area (Å²) >= 11 is 6.18. The minimum atomic E-state index is -0.445. The van der Waals surface area contributed by atoms with Crippen LogP contribution in [-0.4, -0.2) is 74.8 Å². The van der Waals surface area contributed by atoms with Gasteiger partial charge in [-0.05, 0) is 73.7 Å². The van der Waals surface area contributed by atoms with Gasteiger partial charge in [0.25, 0.3) is 17.7 Å². The maximum atomic E-state index is 14.5. The van der Waals surface area contributed by atoms with Gasteiger partial charge in [0, 0.05) is 31.0 Å². The number of benzene rings is 3. The second kappa shape index (κ2) is 16.6. The van der Waals surface area contributed by atoms with Crippen molar-refractivity contribution in [2.75, 3.05) is 31.6 Å². The molecule has 0 spiro atoms. The number of halogens is 1. The summed E-state index contributed by atoms with van der Waals surface area (Å²) < 4.78 is 7.22. The fourth-order valence-corrected chi connectivity index (χ4v) is 6.20. The molecule has 0 aliphatic carbocycles. The second-order valence-corrected chi connectivity index (χ2v) is 12.7. The molecule has 2 N–H and O–H groups in total. The molecule has 4 aromatic rings. The first-order valence-corrected chi connectivity index (χ1v) is 17.3. The fraction of sp³-hybridized carbons (Fsp3) is 0.368. The van der Waals surface area contributed by atoms with Gasteiger partial charge in [0.15, 0.2) is 12.3 Å². The summed E-state index contributed by atoms with van der Waals surface area (Å²) in [5.41, 5.74) is 4.17. The SMILES string of the molecule is CCCCN(CCCC)C(=O)c1cc(C)n(-c2ccc(NC(=O)COc3ccccc3Cl)cc2C(=O)N2Cc3ccccc3C[C@@H]2CO)n1. The van der Waals surface area contributed by atoms with E-state index >= 15 is 0 Å². The summed E-state index contributed by atoms with van der Waals surface area (Å²) in [7, 11) is 0. The van der Waals surface area contributed by atoms with Crippen LogP contribution in [0.15, 0.2) is 72.8 Å². The maximum Gasteiger partial charge on any atom is 0.274 e. The molecule has 1 aliphatic heterocycles. The monoisotopic (exact) mass is 685 g/mol. The van der Waals surface area contributed by atoms with E-state index < -0.39 is 11.9 Å². The lowest BCUT2D eigenvalue weighted by atomic mass is 9.93. The Morgan fingerprint density at radius 3 is 2.37 bits per heavy atom. The molecule has 0 radical (unpaired) electrons. The van der Waals surface area contributed by atoms with E-state index in [9.17, 15) is 19.5 Å². The van der Waals surface area contributed by atoms with E-state index in [0.717, 1.165) is 36.8 Å². The zero-order chi connectivity index (χ0) is 34.9. The number of hydrogen-bond acceptors (Lipinski definition) is 6. The number of anilines is 1. The Morgan fingerprint density at radius 1 is 0.980 bits per heavy atom. The number of rotatable bonds is 14. The number of nitrogens with one attached hydrogen (secondary N) is 1. The summed E-state index contributed by atoms with van der Waals surface area (Å²) in [4.78, 5) is 44.6. The normalized spacial score (nSPS) is 13.9. The van der Waals surface area contributed by atoms with Crippen molar-refractivity contribution in [3.8, 4) is 11.4 Å². The van der Waals surface area contributed by atoms with Crippen molar-refractivity contribution in [1.82, 2.24) is 19.6 Å². The van der Waals surface area contributed by atoms with E-state index in [4.69, 9.17) is 21.4 Å². The fourth-order valence-electron chi connectivity index (χ4n) is 6.01. The molecule has 0 saturated carbocycles. The van der Waals surface area contributed by atoms with Crippen LogP contribution < -0.4 is 10.1 Å². The van der Waals surface area contributed by atoms with Gasteiger partial charge in [-0.25, -0.2) is 4.68 Å². The average Bonchev–Trinajstić information content (AvgIpc) is 3.51. The first-order valence-electron chi connectivity index (χ1n) is 16.9. The molecule has 258 valence electrons. The number of ether oxygens (including phenoxy) is 1. The van der Waals surface area contributed by atoms with Crippen LogP contribution in [-0.2, 0) is 17.8 Å². The Bertz CT molecular complexity index is 1780. The van der Waals surface area contributed by atoms with Crippen molar-refractivity contribution in [2.24, 2.45) is 0 Å². The highest BCUT2D eigenvalue weighted by atomic mass is 35.5. The van der Waals surface area contributed by atoms with E-state index in [1.54, 1.807) is 58.1 Å². The summed E-state index contributed by atoms with van der Waals surface area (Å²) in [6.45, 7) is 7.15. The molecule has 3 aromatic carbocycles. The number of aryl methyl sites for hydroxylation is 1. The molecule has 0 bridgehead atoms. The van der Waals surface area contributed by atoms with Crippen LogP contribution in [0, 0.1) is 6.92 Å². The van der Waals surface area contributed by atoms with E-state index in [1.807, 2.05) is 36.1 Å². The lowest BCUT2D eigenvalue weighted by molar-refractivity contribution is -0.118. The van der Waals surface area contributed by atoms with Gasteiger partial charge in [0.1, 0.15) is 5.75 Å². The van der Waals surface area contributed by atoms with Crippen LogP contribution in [0.3, 0.4) is 0 Å². The van der Waals surface area contributed by atoms with Crippen molar-refractivity contribution in [1.29, 1.82) is 0 Å². The predicted octanol–water partition coefficient (Wildman–Crippen LogP) is 6.45. The number of amides is 3. The van der Waals surface area contributed by atoms with Crippen molar-refractivity contribution in [2.45, 2.75) is 65.5 Å². The molecule has 5 rings (SSSR count). The van der Waals surface area contributed by atoms with Gasteiger partial charge >= 0.3 is 0 Å². The third-order valence-corrected chi connectivity index (χ3v) is 9.03. The third kappa shape index (κ3) is 8.50. The standard InChI is InChI=1S/C38H44ClN5O5/c1-4-6-18-42(19-7-5-2)38(48)33-20-26(3)44(41-33)34-17-16-29(40-36(46)25-49-35-15-11-10-14-32(35)39)22-31(34)37(47)43-23-28-13-9-8-12-27(28)21-30(43)24-45/h8-17,20,22,30,45H,4-7,18-19,21,23-25H2,1-3H3,(H,40,46)/t30-/m1/s1. The van der Waals surface area contributed by atoms with Crippen molar-refractivity contribution >= 4 is 35.0 Å². The van der Waals surface area contributed by atoms with Crippen LogP contribution in [0.2, 0.25) is 5.02 Å². The van der Waals surface area contributed by atoms with Crippen LogP contribution in [0.1, 0.15) is 77.2 Å². The van der Waals surface area contributed by atoms with E-state index in [-0.39, 0.29) is 30.6 Å². The highest BCUT2D eigenvalue weighted by molar-refractivity contribution is 6.32. The Balaban J connectivity index is 1.48. The topological polar surface area (TPSA) is 117 Å². The number of fused-ring (bicyclic) bond motifs is 1. The van der Waals surface area contributed by atoms with Crippen LogP contribution in [0.25, 0.3) is 5.69 Å². The molecule has 1 aliphatic rings. The molecular formula is C38H44ClN5O5. The van der Waals surface area contributed by atoms with Gasteiger partial charge < -0.3 is 25.0 Å². The molecule has 2 heterocycles. The van der Waals surface area contributed by atoms with Crippen molar-refractivity contribution < 1.29 is 24.2 Å². The quantitative estimate of drug-likeness (QED) is 0.158. The maximum absolute atomic E-state index is 14.5. The van der Waals surface area contributed by atoms with Gasteiger partial charge in [-0.1, -0.05) is 74.7 Å². The number of carbonyl (C=O) groups is 3. The Morgan fingerprint density at radius 2 is 1.67 bits per heavy atom. The van der Waals surface area contributed by atoms with Gasteiger partial charge in [0.05, 0.1) is 28.9 Å². The number of aliphatic hydroxyl groups is 1. The number of nitrogens with zero attached hydrogens (tertiary/aromatic N) is 4. The average molecular weight is 686 g/mol. The molecule has 0 saturated heterocycles. The number of unbranched alkanes of at least 4 members (excludes halogenated alkanes) is 2. The number of carbonyl (C=O) groups excluding carboxylic acids is 3. The molecule has 0 fully saturated rings. The molecule has 1 aromatic heterocycles. The third-order valence-electron chi connectivity index (χ3n) is 8.72. The lowest BCUT2D eigenvalue weighted by Gasteiger charge is -2.36. The zero-order valence-electron chi connectivity index (χ0n) is 28.3. The number of hydrogen-bond donors (Lipinski definition) is 2. The van der Waals surface area contributed by atoms with E-state index in [1.165, 1.54) is 0 Å². The van der Waals surface area contributed by atoms with E-state index in [0.29, 0.717) is 59.6 Å². The summed E-state index contributed by atoms with van der Waals surface area (Å²) in [5.74, 6) is -0.531. The molecule has 11 heteroatoms. The minimum Gasteiger partial charge on any atom is -0.482 e. The Kier molecular flexibility index (Phi) is 12.1. The van der Waals surface area contributed by atoms with Crippen molar-refractivity contribution in [3.63, 3.8) is 0 Å². The van der Waals surface area contributed by atoms with Gasteiger partial charge in [-0.3, -0.25) is 14.4 Å². The first-order chi connectivity index (χ1) is 23.7. The smallest absolute Gasteiger partial charge is 0.274 e. The molecule has 0 unspecified atom stereocenters. The van der Waals surface area contributed by atoms with Gasteiger partial charge in [0.2, 0.25) is 0 Å². The number of para-hydroxylation sites is 1. The molecule has 10 nitrogen and oxygen atoms in total. The molecule has 1 atom stereocenters. The Labute approximate surface area is 292 Å². The summed E-state index contributed by atoms with van der Waals surface area (Å²) in [6, 6.07) is 21.1. The second-order valence-electron chi connectivity index (χ2n) is 12.3. The van der Waals surface area contributed by atoms with Crippen LogP contribution in [0.4, 0.5) is 5.69 Å². The van der Waals surface area contributed by atoms with Crippen LogP contribution >= 0.6 is 11.6 Å².